The van der Waals surface area contributed by atoms with Gasteiger partial charge in [-0.3, -0.25) is 4.79 Å². The Morgan fingerprint density at radius 1 is 1.13 bits per heavy atom. The van der Waals surface area contributed by atoms with Crippen LogP contribution in [0, 0.1) is 30.1 Å². The summed E-state index contributed by atoms with van der Waals surface area (Å²) in [5.41, 5.74) is 9.32. The highest BCUT2D eigenvalue weighted by atomic mass is 16.1. The van der Waals surface area contributed by atoms with E-state index in [9.17, 15) is 4.79 Å². The lowest BCUT2D eigenvalue weighted by Crippen LogP contribution is -2.47. The molecule has 4 bridgehead atoms. The molecule has 4 aliphatic carbocycles. The van der Waals surface area contributed by atoms with Gasteiger partial charge >= 0.3 is 0 Å². The molecular formula is C26H34N4O. The summed E-state index contributed by atoms with van der Waals surface area (Å²) in [7, 11) is 0. The van der Waals surface area contributed by atoms with Crippen molar-refractivity contribution in [3.8, 4) is 0 Å². The molecule has 5 fully saturated rings. The van der Waals surface area contributed by atoms with E-state index in [-0.39, 0.29) is 17.4 Å². The van der Waals surface area contributed by atoms with Crippen molar-refractivity contribution in [1.29, 1.82) is 0 Å². The topological polar surface area (TPSA) is 71.2 Å². The zero-order valence-corrected chi connectivity index (χ0v) is 18.6. The number of pyridine rings is 1. The first-order valence-electron chi connectivity index (χ1n) is 12.2. The minimum Gasteiger partial charge on any atom is -0.355 e. The van der Waals surface area contributed by atoms with Gasteiger partial charge in [-0.1, -0.05) is 6.07 Å². The molecule has 1 saturated heterocycles. The van der Waals surface area contributed by atoms with Crippen molar-refractivity contribution in [2.24, 2.45) is 28.9 Å². The molecule has 31 heavy (non-hydrogen) atoms. The van der Waals surface area contributed by atoms with Crippen LogP contribution in [0.4, 0.5) is 11.5 Å². The quantitative estimate of drug-likeness (QED) is 0.760. The number of rotatable bonds is 4. The van der Waals surface area contributed by atoms with Gasteiger partial charge in [0, 0.05) is 30.9 Å². The summed E-state index contributed by atoms with van der Waals surface area (Å²) in [6.07, 6.45) is 9.75. The molecule has 4 saturated carbocycles. The molecule has 2 heterocycles. The summed E-state index contributed by atoms with van der Waals surface area (Å²) in [6, 6.07) is 8.58. The molecule has 0 radical (unpaired) electrons. The molecule has 2 aromatic rings. The number of hydrogen-bond acceptors (Lipinski definition) is 4. The van der Waals surface area contributed by atoms with Gasteiger partial charge in [0.2, 0.25) is 5.91 Å². The fourth-order valence-corrected chi connectivity index (χ4v) is 7.67. The van der Waals surface area contributed by atoms with Gasteiger partial charge in [0.1, 0.15) is 5.82 Å². The predicted molar refractivity (Wildman–Crippen MR) is 125 cm³/mol. The van der Waals surface area contributed by atoms with E-state index >= 15 is 0 Å². The van der Waals surface area contributed by atoms with Crippen LogP contribution in [-0.4, -0.2) is 30.0 Å². The largest absolute Gasteiger partial charge is 0.355 e. The first-order valence-corrected chi connectivity index (χ1v) is 12.2. The number of aryl methyl sites for hydroxylation is 1. The Morgan fingerprint density at radius 2 is 1.84 bits per heavy atom. The minimum absolute atomic E-state index is 0.187. The predicted octanol–water partition coefficient (Wildman–Crippen LogP) is 4.63. The van der Waals surface area contributed by atoms with Gasteiger partial charge < -0.3 is 16.0 Å². The highest BCUT2D eigenvalue weighted by Crippen LogP contribution is 2.61. The van der Waals surface area contributed by atoms with Crippen molar-refractivity contribution in [2.45, 2.75) is 64.3 Å². The van der Waals surface area contributed by atoms with Gasteiger partial charge in [0.05, 0.1) is 11.2 Å². The fourth-order valence-electron chi connectivity index (χ4n) is 7.67. The molecule has 0 spiro atoms. The molecule has 1 aromatic carbocycles. The van der Waals surface area contributed by atoms with Crippen molar-refractivity contribution < 1.29 is 4.79 Å². The molecule has 164 valence electrons. The van der Waals surface area contributed by atoms with Crippen molar-refractivity contribution in [2.75, 3.05) is 23.3 Å². The molecule has 3 N–H and O–H groups in total. The number of carbonyl (C=O) groups excluding carboxylic acids is 1. The van der Waals surface area contributed by atoms with E-state index < -0.39 is 0 Å². The van der Waals surface area contributed by atoms with E-state index in [1.807, 2.05) is 0 Å². The molecule has 7 rings (SSSR count). The van der Waals surface area contributed by atoms with E-state index in [4.69, 9.17) is 10.7 Å². The van der Waals surface area contributed by atoms with E-state index in [1.165, 1.54) is 38.5 Å². The third-order valence-corrected chi connectivity index (χ3v) is 8.58. The minimum atomic E-state index is 0.187. The SMILES string of the molecule is Cc1ccc2nc(N3CCC(N)C3)ccc2c1NC(=O)CC12CC3CC(CC(C3)C1)C2. The third kappa shape index (κ3) is 3.51. The molecule has 5 nitrogen and oxygen atoms in total. The number of benzene rings is 1. The zero-order chi connectivity index (χ0) is 21.2. The highest BCUT2D eigenvalue weighted by molar-refractivity contribution is 6.02. The molecule has 5 heteroatoms. The molecule has 5 aliphatic rings. The van der Waals surface area contributed by atoms with Crippen LogP contribution >= 0.6 is 0 Å². The lowest BCUT2D eigenvalue weighted by atomic mass is 9.49. The summed E-state index contributed by atoms with van der Waals surface area (Å²) in [4.78, 5) is 20.4. The maximum absolute atomic E-state index is 13.3. The van der Waals surface area contributed by atoms with Crippen LogP contribution in [0.25, 0.3) is 10.9 Å². The molecule has 1 unspecified atom stereocenters. The molecule has 1 aliphatic heterocycles. The van der Waals surface area contributed by atoms with Crippen LogP contribution in [0.5, 0.6) is 0 Å². The first-order chi connectivity index (χ1) is 15.0. The summed E-state index contributed by atoms with van der Waals surface area (Å²) in [5, 5.41) is 4.35. The van der Waals surface area contributed by atoms with Crippen LogP contribution in [0.15, 0.2) is 24.3 Å². The van der Waals surface area contributed by atoms with Gasteiger partial charge in [-0.05, 0) is 98.8 Å². The van der Waals surface area contributed by atoms with E-state index in [0.29, 0.717) is 6.42 Å². The number of amides is 1. The Hall–Kier alpha value is -2.14. The Balaban J connectivity index is 1.23. The maximum atomic E-state index is 13.3. The van der Waals surface area contributed by atoms with Crippen molar-refractivity contribution in [3.63, 3.8) is 0 Å². The number of anilines is 2. The normalized spacial score (nSPS) is 33.9. The number of nitrogens with zero attached hydrogens (tertiary/aromatic N) is 2. The Kier molecular flexibility index (Phi) is 4.53. The smallest absolute Gasteiger partial charge is 0.224 e. The fraction of sp³-hybridized carbons (Fsp3) is 0.615. The Labute approximate surface area is 184 Å². The average Bonchev–Trinajstić information content (AvgIpc) is 3.15. The van der Waals surface area contributed by atoms with Crippen molar-refractivity contribution >= 4 is 28.3 Å². The highest BCUT2D eigenvalue weighted by Gasteiger charge is 2.51. The van der Waals surface area contributed by atoms with Gasteiger partial charge in [-0.15, -0.1) is 0 Å². The second kappa shape index (κ2) is 7.19. The Morgan fingerprint density at radius 3 is 2.48 bits per heavy atom. The Bertz CT molecular complexity index is 996. The monoisotopic (exact) mass is 418 g/mol. The second-order valence-electron chi connectivity index (χ2n) is 11.1. The van der Waals surface area contributed by atoms with E-state index in [2.05, 4.69) is 41.4 Å². The van der Waals surface area contributed by atoms with E-state index in [0.717, 1.165) is 65.2 Å². The van der Waals surface area contributed by atoms with Crippen molar-refractivity contribution in [1.82, 2.24) is 4.98 Å². The second-order valence-corrected chi connectivity index (χ2v) is 11.1. The van der Waals surface area contributed by atoms with Gasteiger partial charge in [0.15, 0.2) is 0 Å². The number of aromatic nitrogens is 1. The van der Waals surface area contributed by atoms with Gasteiger partial charge in [0.25, 0.3) is 0 Å². The lowest BCUT2D eigenvalue weighted by molar-refractivity contribution is -0.124. The van der Waals surface area contributed by atoms with Crippen molar-refractivity contribution in [3.05, 3.63) is 29.8 Å². The van der Waals surface area contributed by atoms with Crippen LogP contribution in [0.2, 0.25) is 0 Å². The standard InChI is InChI=1S/C26H34N4O/c1-16-2-4-22-21(3-5-23(28-22)30-7-6-20(27)15-30)25(16)29-24(31)14-26-11-17-8-18(12-26)10-19(9-17)13-26/h2-5,17-20H,6-15,27H2,1H3,(H,29,31). The third-order valence-electron chi connectivity index (χ3n) is 8.58. The number of nitrogens with two attached hydrogens (primary N) is 1. The number of hydrogen-bond donors (Lipinski definition) is 2. The molecule has 1 amide bonds. The first kappa shape index (κ1) is 19.5. The number of nitrogens with one attached hydrogen (secondary N) is 1. The molecule has 1 atom stereocenters. The zero-order valence-electron chi connectivity index (χ0n) is 18.6. The van der Waals surface area contributed by atoms with Crippen LogP contribution in [0.1, 0.15) is 56.9 Å². The maximum Gasteiger partial charge on any atom is 0.224 e. The van der Waals surface area contributed by atoms with Gasteiger partial charge in [-0.2, -0.15) is 0 Å². The van der Waals surface area contributed by atoms with Gasteiger partial charge in [-0.25, -0.2) is 4.98 Å². The van der Waals surface area contributed by atoms with Crippen LogP contribution in [0.3, 0.4) is 0 Å². The molecule has 1 aromatic heterocycles. The summed E-state index contributed by atoms with van der Waals surface area (Å²) < 4.78 is 0. The summed E-state index contributed by atoms with van der Waals surface area (Å²) in [6.45, 7) is 3.90. The summed E-state index contributed by atoms with van der Waals surface area (Å²) >= 11 is 0. The van der Waals surface area contributed by atoms with Crippen LogP contribution in [-0.2, 0) is 4.79 Å². The average molecular weight is 419 g/mol. The number of carbonyl (C=O) groups is 1. The summed E-state index contributed by atoms with van der Waals surface area (Å²) in [5.74, 6) is 3.79. The lowest BCUT2D eigenvalue weighted by Gasteiger charge is -2.56. The van der Waals surface area contributed by atoms with Crippen LogP contribution < -0.4 is 16.0 Å². The number of fused-ring (bicyclic) bond motifs is 1. The van der Waals surface area contributed by atoms with E-state index in [1.54, 1.807) is 0 Å². The molecular weight excluding hydrogens is 384 g/mol.